The van der Waals surface area contributed by atoms with Gasteiger partial charge in [0.1, 0.15) is 11.0 Å². The van der Waals surface area contributed by atoms with E-state index in [4.69, 9.17) is 16.6 Å². The molecule has 37 heavy (non-hydrogen) atoms. The Morgan fingerprint density at radius 1 is 1.03 bits per heavy atom. The van der Waals surface area contributed by atoms with Crippen molar-refractivity contribution in [2.45, 2.75) is 20.8 Å². The van der Waals surface area contributed by atoms with Crippen molar-refractivity contribution in [2.75, 3.05) is 0 Å². The zero-order valence-electron chi connectivity index (χ0n) is 20.6. The molecule has 0 saturated heterocycles. The van der Waals surface area contributed by atoms with Gasteiger partial charge in [0.2, 0.25) is 4.80 Å². The van der Waals surface area contributed by atoms with Crippen LogP contribution < -0.4 is 10.4 Å². The highest BCUT2D eigenvalue weighted by Gasteiger charge is 2.17. The second-order valence-electron chi connectivity index (χ2n) is 8.42. The molecule has 0 amide bonds. The maximum absolute atomic E-state index is 13.3. The van der Waals surface area contributed by atoms with E-state index in [1.807, 2.05) is 63.5 Å². The zero-order chi connectivity index (χ0) is 26.3. The summed E-state index contributed by atoms with van der Waals surface area (Å²) in [6, 6.07) is 15.3. The summed E-state index contributed by atoms with van der Waals surface area (Å²) in [5, 5.41) is 11.4. The lowest BCUT2D eigenvalue weighted by atomic mass is 10.3. The van der Waals surface area contributed by atoms with E-state index in [-0.39, 0.29) is 11.4 Å². The third kappa shape index (κ3) is 4.49. The van der Waals surface area contributed by atoms with Crippen LogP contribution in [0.4, 0.5) is 10.1 Å². The van der Waals surface area contributed by atoms with Gasteiger partial charge in [0.25, 0.3) is 5.56 Å². The molecule has 5 aromatic rings. The van der Waals surface area contributed by atoms with E-state index in [1.165, 1.54) is 28.2 Å². The van der Waals surface area contributed by atoms with Crippen LogP contribution in [0.25, 0.3) is 11.4 Å². The third-order valence-corrected chi connectivity index (χ3v) is 7.30. The Morgan fingerprint density at radius 2 is 1.73 bits per heavy atom. The number of halogens is 2. The van der Waals surface area contributed by atoms with E-state index in [9.17, 15) is 9.18 Å². The lowest BCUT2D eigenvalue weighted by Gasteiger charge is -2.07. The van der Waals surface area contributed by atoms with Gasteiger partial charge in [-0.1, -0.05) is 29.8 Å². The summed E-state index contributed by atoms with van der Waals surface area (Å²) in [5.41, 5.74) is 4.39. The Kier molecular flexibility index (Phi) is 6.53. The normalized spacial score (nSPS) is 12.2. The minimum absolute atomic E-state index is 0.216. The lowest BCUT2D eigenvalue weighted by Crippen LogP contribution is -2.19. The molecule has 11 heteroatoms. The topological polar surface area (TPSA) is 74.4 Å². The number of aromatic nitrogens is 5. The molecule has 0 unspecified atom stereocenters. The fourth-order valence-electron chi connectivity index (χ4n) is 3.91. The molecule has 0 aliphatic heterocycles. The Balaban J connectivity index is 1.56. The highest BCUT2D eigenvalue weighted by atomic mass is 35.5. The van der Waals surface area contributed by atoms with Crippen LogP contribution in [0.15, 0.2) is 74.9 Å². The Hall–Kier alpha value is -4.02. The van der Waals surface area contributed by atoms with Crippen molar-refractivity contribution in [3.8, 4) is 11.4 Å². The van der Waals surface area contributed by atoms with Crippen LogP contribution in [-0.4, -0.2) is 30.0 Å². The third-order valence-electron chi connectivity index (χ3n) is 6.00. The average molecular weight is 536 g/mol. The predicted octanol–water partition coefficient (Wildman–Crippen LogP) is 5.06. The van der Waals surface area contributed by atoms with Gasteiger partial charge in [-0.2, -0.15) is 10.2 Å². The standard InChI is InChI=1S/C26H23ClFN7OS/c1-16-15-37-26(30-23-18(3)32(4)35(25(23)36)21-8-6-5-7-9-21)33(16)29-14-22-17(2)31-34(24(22)27)20-12-10-19(28)11-13-20/h5-15H,1-4H3. The molecule has 3 aromatic heterocycles. The minimum atomic E-state index is -0.338. The number of nitrogens with zero attached hydrogens (tertiary/aromatic N) is 7. The molecule has 8 nitrogen and oxygen atoms in total. The lowest BCUT2D eigenvalue weighted by molar-refractivity contribution is 0.627. The first-order valence-electron chi connectivity index (χ1n) is 11.4. The fraction of sp³-hybridized carbons (Fsp3) is 0.154. The molecule has 0 bridgehead atoms. The number of thiazole rings is 1. The molecule has 0 fully saturated rings. The minimum Gasteiger partial charge on any atom is -0.283 e. The number of benzene rings is 2. The molecule has 0 spiro atoms. The average Bonchev–Trinajstić information content (AvgIpc) is 3.46. The Bertz CT molecular complexity index is 1760. The molecule has 3 heterocycles. The van der Waals surface area contributed by atoms with E-state index in [1.54, 1.807) is 32.4 Å². The number of hydrogen-bond donors (Lipinski definition) is 0. The van der Waals surface area contributed by atoms with E-state index < -0.39 is 0 Å². The van der Waals surface area contributed by atoms with Gasteiger partial charge in [-0.3, -0.25) is 9.48 Å². The number of hydrogen-bond acceptors (Lipinski definition) is 5. The molecular formula is C26H23ClFN7OS. The summed E-state index contributed by atoms with van der Waals surface area (Å²) in [7, 11) is 1.83. The van der Waals surface area contributed by atoms with Gasteiger partial charge in [0.05, 0.1) is 40.2 Å². The van der Waals surface area contributed by atoms with Gasteiger partial charge in [-0.15, -0.1) is 11.3 Å². The van der Waals surface area contributed by atoms with Crippen molar-refractivity contribution >= 4 is 34.8 Å². The second-order valence-corrected chi connectivity index (χ2v) is 9.61. The first-order valence-corrected chi connectivity index (χ1v) is 12.6. The molecule has 0 atom stereocenters. The van der Waals surface area contributed by atoms with Crippen LogP contribution in [0.2, 0.25) is 5.15 Å². The van der Waals surface area contributed by atoms with Crippen molar-refractivity contribution in [3.05, 3.63) is 109 Å². The largest absolute Gasteiger partial charge is 0.297 e. The monoisotopic (exact) mass is 535 g/mol. The van der Waals surface area contributed by atoms with E-state index in [0.29, 0.717) is 32.6 Å². The molecule has 0 saturated carbocycles. The smallest absolute Gasteiger partial charge is 0.283 e. The first-order chi connectivity index (χ1) is 17.8. The van der Waals surface area contributed by atoms with Crippen LogP contribution in [-0.2, 0) is 7.05 Å². The zero-order valence-corrected chi connectivity index (χ0v) is 22.1. The van der Waals surface area contributed by atoms with Crippen molar-refractivity contribution < 1.29 is 4.39 Å². The van der Waals surface area contributed by atoms with E-state index >= 15 is 0 Å². The number of aryl methyl sites for hydroxylation is 2. The Morgan fingerprint density at radius 3 is 2.43 bits per heavy atom. The van der Waals surface area contributed by atoms with Crippen molar-refractivity contribution in [2.24, 2.45) is 17.1 Å². The van der Waals surface area contributed by atoms with Gasteiger partial charge in [0.15, 0.2) is 5.69 Å². The van der Waals surface area contributed by atoms with E-state index in [2.05, 4.69) is 10.2 Å². The van der Waals surface area contributed by atoms with Crippen LogP contribution in [0, 0.1) is 26.6 Å². The molecule has 188 valence electrons. The predicted molar refractivity (Wildman–Crippen MR) is 144 cm³/mol. The van der Waals surface area contributed by atoms with Gasteiger partial charge in [-0.05, 0) is 57.2 Å². The van der Waals surface area contributed by atoms with Gasteiger partial charge >= 0.3 is 0 Å². The molecule has 0 radical (unpaired) electrons. The molecular weight excluding hydrogens is 513 g/mol. The molecule has 5 rings (SSSR count). The molecule has 0 N–H and O–H groups in total. The van der Waals surface area contributed by atoms with Crippen molar-refractivity contribution in [3.63, 3.8) is 0 Å². The van der Waals surface area contributed by atoms with Crippen LogP contribution in [0.5, 0.6) is 0 Å². The van der Waals surface area contributed by atoms with Gasteiger partial charge < -0.3 is 0 Å². The SMILES string of the molecule is Cc1nn(-c2ccc(F)cc2)c(Cl)c1C=Nn1c(C)csc1=Nc1c(C)n(C)n(-c2ccccc2)c1=O. The summed E-state index contributed by atoms with van der Waals surface area (Å²) in [4.78, 5) is 18.6. The van der Waals surface area contributed by atoms with Crippen LogP contribution in [0.1, 0.15) is 22.6 Å². The molecule has 0 aliphatic rings. The van der Waals surface area contributed by atoms with Gasteiger partial charge in [-0.25, -0.2) is 23.4 Å². The van der Waals surface area contributed by atoms with E-state index in [0.717, 1.165) is 17.1 Å². The maximum atomic E-state index is 13.3. The Labute approximate surface area is 220 Å². The first kappa shape index (κ1) is 24.7. The highest BCUT2D eigenvalue weighted by Crippen LogP contribution is 2.22. The summed E-state index contributed by atoms with van der Waals surface area (Å²) in [5.74, 6) is -0.338. The number of rotatable bonds is 5. The maximum Gasteiger partial charge on any atom is 0.297 e. The van der Waals surface area contributed by atoms with Gasteiger partial charge in [0, 0.05) is 12.4 Å². The molecule has 0 aliphatic carbocycles. The summed E-state index contributed by atoms with van der Waals surface area (Å²) < 4.78 is 19.9. The van der Waals surface area contributed by atoms with Crippen molar-refractivity contribution in [1.82, 2.24) is 23.8 Å². The highest BCUT2D eigenvalue weighted by molar-refractivity contribution is 7.07. The quantitative estimate of drug-likeness (QED) is 0.295. The van der Waals surface area contributed by atoms with Crippen molar-refractivity contribution in [1.29, 1.82) is 0 Å². The summed E-state index contributed by atoms with van der Waals surface area (Å²) >= 11 is 7.99. The fourth-order valence-corrected chi connectivity index (χ4v) is 5.04. The summed E-state index contributed by atoms with van der Waals surface area (Å²) in [6.45, 7) is 5.59. The van der Waals surface area contributed by atoms with Crippen LogP contribution >= 0.6 is 22.9 Å². The molecule has 2 aromatic carbocycles. The van der Waals surface area contributed by atoms with Crippen LogP contribution in [0.3, 0.4) is 0 Å². The summed E-state index contributed by atoms with van der Waals surface area (Å²) in [6.07, 6.45) is 1.61. The second kappa shape index (κ2) is 9.79. The number of para-hydroxylation sites is 1.